The summed E-state index contributed by atoms with van der Waals surface area (Å²) >= 11 is 5.89. The summed E-state index contributed by atoms with van der Waals surface area (Å²) in [6.45, 7) is 3.86. The number of benzene rings is 1. The van der Waals surface area contributed by atoms with Crippen LogP contribution in [0.25, 0.3) is 5.57 Å². The zero-order chi connectivity index (χ0) is 24.5. The summed E-state index contributed by atoms with van der Waals surface area (Å²) in [7, 11) is 0. The first-order valence-corrected chi connectivity index (χ1v) is 12.8. The third kappa shape index (κ3) is 5.00. The molecule has 2 unspecified atom stereocenters. The lowest BCUT2D eigenvalue weighted by Crippen LogP contribution is -2.46. The molecule has 2 fully saturated rings. The second-order valence-electron chi connectivity index (χ2n) is 9.72. The molecule has 0 saturated carbocycles. The van der Waals surface area contributed by atoms with Crippen molar-refractivity contribution in [2.45, 2.75) is 63.6 Å². The lowest BCUT2D eigenvalue weighted by atomic mass is 9.99. The Balaban J connectivity index is 1.30. The SMILES string of the molecule is CCCCN1C2CC[C@H]1CC(Oc1cc(F)ccc1C(=O)N1CC(N)=C(c3ncc(Cl)cn3)C1)C2. The van der Waals surface area contributed by atoms with Gasteiger partial charge in [-0.15, -0.1) is 0 Å². The Morgan fingerprint density at radius 2 is 1.91 bits per heavy atom. The van der Waals surface area contributed by atoms with Gasteiger partial charge in [-0.05, 0) is 50.8 Å². The maximum atomic E-state index is 14.2. The number of aromatic nitrogens is 2. The highest BCUT2D eigenvalue weighted by atomic mass is 35.5. The lowest BCUT2D eigenvalue weighted by molar-refractivity contribution is 0.0474. The predicted octanol–water partition coefficient (Wildman–Crippen LogP) is 4.27. The molecule has 186 valence electrons. The average Bonchev–Trinajstić information content (AvgIpc) is 3.34. The first kappa shape index (κ1) is 24.0. The van der Waals surface area contributed by atoms with Crippen LogP contribution in [-0.4, -0.2) is 63.5 Å². The third-order valence-electron chi connectivity index (χ3n) is 7.35. The molecule has 0 radical (unpaired) electrons. The largest absolute Gasteiger partial charge is 0.489 e. The van der Waals surface area contributed by atoms with E-state index in [0.29, 0.717) is 45.5 Å². The highest BCUT2D eigenvalue weighted by Gasteiger charge is 2.41. The van der Waals surface area contributed by atoms with Crippen LogP contribution >= 0.6 is 11.6 Å². The smallest absolute Gasteiger partial charge is 0.258 e. The number of nitrogens with zero attached hydrogens (tertiary/aromatic N) is 4. The molecule has 1 aromatic carbocycles. The Morgan fingerprint density at radius 1 is 1.20 bits per heavy atom. The highest BCUT2D eigenvalue weighted by molar-refractivity contribution is 6.30. The Labute approximate surface area is 210 Å². The van der Waals surface area contributed by atoms with Crippen LogP contribution in [0.5, 0.6) is 5.75 Å². The van der Waals surface area contributed by atoms with Crippen molar-refractivity contribution in [1.29, 1.82) is 0 Å². The fourth-order valence-electron chi connectivity index (χ4n) is 5.62. The minimum Gasteiger partial charge on any atom is -0.489 e. The molecular formula is C26H31ClFN5O2. The van der Waals surface area contributed by atoms with Crippen molar-refractivity contribution in [3.05, 3.63) is 58.5 Å². The average molecular weight is 500 g/mol. The summed E-state index contributed by atoms with van der Waals surface area (Å²) in [6.07, 6.45) is 9.53. The van der Waals surface area contributed by atoms with Crippen molar-refractivity contribution < 1.29 is 13.9 Å². The minimum atomic E-state index is -0.422. The van der Waals surface area contributed by atoms with Crippen molar-refractivity contribution >= 4 is 23.1 Å². The van der Waals surface area contributed by atoms with E-state index in [1.807, 2.05) is 0 Å². The number of rotatable bonds is 7. The zero-order valence-corrected chi connectivity index (χ0v) is 20.7. The zero-order valence-electron chi connectivity index (χ0n) is 19.9. The van der Waals surface area contributed by atoms with Crippen molar-refractivity contribution in [2.24, 2.45) is 5.73 Å². The van der Waals surface area contributed by atoms with Crippen LogP contribution in [0.2, 0.25) is 5.02 Å². The summed E-state index contributed by atoms with van der Waals surface area (Å²) in [5, 5.41) is 0.427. The second-order valence-corrected chi connectivity index (χ2v) is 10.2. The van der Waals surface area contributed by atoms with Gasteiger partial charge in [-0.25, -0.2) is 14.4 Å². The van der Waals surface area contributed by atoms with E-state index in [9.17, 15) is 9.18 Å². The van der Waals surface area contributed by atoms with Crippen LogP contribution < -0.4 is 10.5 Å². The number of nitrogens with two attached hydrogens (primary N) is 1. The second kappa shape index (κ2) is 10.1. The number of carbonyl (C=O) groups excluding carboxylic acids is 1. The molecule has 4 heterocycles. The summed E-state index contributed by atoms with van der Waals surface area (Å²) in [5.74, 6) is 0.0729. The molecule has 2 saturated heterocycles. The Hall–Kier alpha value is -2.71. The molecular weight excluding hydrogens is 469 g/mol. The monoisotopic (exact) mass is 499 g/mol. The topological polar surface area (TPSA) is 84.6 Å². The first-order chi connectivity index (χ1) is 16.9. The van der Waals surface area contributed by atoms with E-state index in [0.717, 1.165) is 19.4 Å². The fourth-order valence-corrected chi connectivity index (χ4v) is 5.72. The minimum absolute atomic E-state index is 0.0291. The van der Waals surface area contributed by atoms with Gasteiger partial charge in [0.1, 0.15) is 17.7 Å². The first-order valence-electron chi connectivity index (χ1n) is 12.4. The summed E-state index contributed by atoms with van der Waals surface area (Å²) in [5.41, 5.74) is 7.79. The van der Waals surface area contributed by atoms with Crippen LogP contribution in [0.4, 0.5) is 4.39 Å². The molecule has 7 nitrogen and oxygen atoms in total. The van der Waals surface area contributed by atoms with Crippen molar-refractivity contribution in [1.82, 2.24) is 19.8 Å². The number of fused-ring (bicyclic) bond motifs is 2. The molecule has 2 N–H and O–H groups in total. The Morgan fingerprint density at radius 3 is 2.60 bits per heavy atom. The van der Waals surface area contributed by atoms with Crippen LogP contribution in [0.3, 0.4) is 0 Å². The lowest BCUT2D eigenvalue weighted by Gasteiger charge is -2.39. The van der Waals surface area contributed by atoms with E-state index in [-0.39, 0.29) is 25.1 Å². The van der Waals surface area contributed by atoms with E-state index < -0.39 is 5.82 Å². The summed E-state index contributed by atoms with van der Waals surface area (Å²) in [4.78, 5) is 26.2. The number of ether oxygens (including phenoxy) is 1. The third-order valence-corrected chi connectivity index (χ3v) is 7.55. The molecule has 3 aliphatic rings. The Bertz CT molecular complexity index is 1110. The Kier molecular flexibility index (Phi) is 6.93. The van der Waals surface area contributed by atoms with Gasteiger partial charge in [-0.1, -0.05) is 24.9 Å². The quantitative estimate of drug-likeness (QED) is 0.612. The van der Waals surface area contributed by atoms with Gasteiger partial charge in [0, 0.05) is 41.8 Å². The number of hydrogen-bond donors (Lipinski definition) is 1. The van der Waals surface area contributed by atoms with E-state index >= 15 is 0 Å². The van der Waals surface area contributed by atoms with Crippen molar-refractivity contribution in [3.8, 4) is 5.75 Å². The van der Waals surface area contributed by atoms with Gasteiger partial charge in [-0.3, -0.25) is 9.69 Å². The number of hydrogen-bond acceptors (Lipinski definition) is 6. The molecule has 1 amide bonds. The number of halogens is 2. The predicted molar refractivity (Wildman–Crippen MR) is 133 cm³/mol. The van der Waals surface area contributed by atoms with E-state index in [1.165, 1.54) is 56.3 Å². The molecule has 9 heteroatoms. The fraction of sp³-hybridized carbons (Fsp3) is 0.500. The van der Waals surface area contributed by atoms with Gasteiger partial charge >= 0.3 is 0 Å². The summed E-state index contributed by atoms with van der Waals surface area (Å²) in [6, 6.07) is 5.14. The maximum absolute atomic E-state index is 14.2. The number of carbonyl (C=O) groups is 1. The number of unbranched alkanes of at least 4 members (excludes halogenated alkanes) is 1. The standard InChI is InChI=1S/C26H31ClFN5O2/c1-2-3-8-33-18-5-6-19(33)11-20(10-18)35-24-9-17(28)4-7-21(24)26(34)32-14-22(23(29)15-32)25-30-12-16(27)13-31-25/h4,7,9,12-13,18-20H,2-3,5-6,8,10-11,14-15,29H2,1H3/t18-,19?,20?/m0/s1. The van der Waals surface area contributed by atoms with Gasteiger partial charge in [0.15, 0.2) is 5.82 Å². The molecule has 3 atom stereocenters. The molecule has 2 aromatic rings. The number of amides is 1. The molecule has 1 aromatic heterocycles. The molecule has 3 aliphatic heterocycles. The van der Waals surface area contributed by atoms with E-state index in [1.54, 1.807) is 4.90 Å². The molecule has 5 rings (SSSR count). The van der Waals surface area contributed by atoms with Gasteiger partial charge < -0.3 is 15.4 Å². The van der Waals surface area contributed by atoms with Crippen LogP contribution in [0, 0.1) is 5.82 Å². The van der Waals surface area contributed by atoms with Crippen LogP contribution in [-0.2, 0) is 0 Å². The molecule has 35 heavy (non-hydrogen) atoms. The van der Waals surface area contributed by atoms with Gasteiger partial charge in [0.25, 0.3) is 5.91 Å². The van der Waals surface area contributed by atoms with E-state index in [4.69, 9.17) is 22.1 Å². The molecule has 0 spiro atoms. The van der Waals surface area contributed by atoms with Crippen molar-refractivity contribution in [3.63, 3.8) is 0 Å². The molecule has 2 bridgehead atoms. The number of piperidine rings is 1. The normalized spacial score (nSPS) is 24.3. The highest BCUT2D eigenvalue weighted by Crippen LogP contribution is 2.38. The maximum Gasteiger partial charge on any atom is 0.258 e. The molecule has 0 aliphatic carbocycles. The van der Waals surface area contributed by atoms with Gasteiger partial charge in [0.05, 0.1) is 23.7 Å². The van der Waals surface area contributed by atoms with E-state index in [2.05, 4.69) is 21.8 Å². The van der Waals surface area contributed by atoms with Crippen LogP contribution in [0.15, 0.2) is 36.3 Å². The van der Waals surface area contributed by atoms with Gasteiger partial charge in [-0.2, -0.15) is 0 Å². The summed E-state index contributed by atoms with van der Waals surface area (Å²) < 4.78 is 20.6. The van der Waals surface area contributed by atoms with Crippen LogP contribution in [0.1, 0.15) is 61.6 Å². The van der Waals surface area contributed by atoms with Crippen molar-refractivity contribution in [2.75, 3.05) is 19.6 Å². The van der Waals surface area contributed by atoms with Gasteiger partial charge in [0.2, 0.25) is 0 Å².